The van der Waals surface area contributed by atoms with Gasteiger partial charge in [0.25, 0.3) is 11.5 Å². The van der Waals surface area contributed by atoms with Gasteiger partial charge in [-0.25, -0.2) is 10.1 Å². The van der Waals surface area contributed by atoms with Gasteiger partial charge in [0.15, 0.2) is 11.4 Å². The van der Waals surface area contributed by atoms with Gasteiger partial charge in [-0.05, 0) is 42.2 Å². The first kappa shape index (κ1) is 25.7. The molecule has 0 saturated carbocycles. The third-order valence-electron chi connectivity index (χ3n) is 7.30. The normalized spacial score (nSPS) is 11.8. The summed E-state index contributed by atoms with van der Waals surface area (Å²) in [5.74, 6) is 6.51. The van der Waals surface area contributed by atoms with Gasteiger partial charge in [-0.1, -0.05) is 54.3 Å². The molecule has 1 amide bonds. The SMILES string of the molecule is CC(NC(=O)c1c(N)[nH][n+]2cccnc12)c1nc2cccc(C#Cc3c[nH]c4ccccc34)c2c(=O)n1-c1ccccc1. The summed E-state index contributed by atoms with van der Waals surface area (Å²) in [5, 5.41) is 7.27. The third kappa shape index (κ3) is 4.45. The molecule has 10 nitrogen and oxygen atoms in total. The molecule has 3 aromatic carbocycles. The molecule has 1 atom stereocenters. The molecule has 208 valence electrons. The predicted octanol–water partition coefficient (Wildman–Crippen LogP) is 3.80. The lowest BCUT2D eigenvalue weighted by atomic mass is 10.1. The smallest absolute Gasteiger partial charge is 0.362 e. The van der Waals surface area contributed by atoms with E-state index < -0.39 is 11.9 Å². The lowest BCUT2D eigenvalue weighted by molar-refractivity contribution is -0.577. The van der Waals surface area contributed by atoms with Gasteiger partial charge in [0, 0.05) is 28.7 Å². The summed E-state index contributed by atoms with van der Waals surface area (Å²) in [4.78, 5) is 40.2. The van der Waals surface area contributed by atoms with Crippen molar-refractivity contribution in [1.82, 2.24) is 29.9 Å². The quantitative estimate of drug-likeness (QED) is 0.190. The van der Waals surface area contributed by atoms with E-state index in [0.717, 1.165) is 16.5 Å². The molecule has 4 heterocycles. The largest absolute Gasteiger partial charge is 0.382 e. The molecule has 10 heteroatoms. The van der Waals surface area contributed by atoms with Crippen molar-refractivity contribution < 1.29 is 9.31 Å². The second kappa shape index (κ2) is 10.3. The fourth-order valence-corrected chi connectivity index (χ4v) is 5.29. The molecular weight excluding hydrogens is 540 g/mol. The second-order valence-corrected chi connectivity index (χ2v) is 10.1. The van der Waals surface area contributed by atoms with E-state index in [-0.39, 0.29) is 16.9 Å². The van der Waals surface area contributed by atoms with E-state index in [1.54, 1.807) is 36.0 Å². The van der Waals surface area contributed by atoms with E-state index in [1.807, 2.05) is 72.9 Å². The summed E-state index contributed by atoms with van der Waals surface area (Å²) < 4.78 is 3.09. The number of carbonyl (C=O) groups is 1. The van der Waals surface area contributed by atoms with Crippen LogP contribution < -0.4 is 21.1 Å². The van der Waals surface area contributed by atoms with E-state index in [2.05, 4.69) is 32.2 Å². The summed E-state index contributed by atoms with van der Waals surface area (Å²) in [6, 6.07) is 23.6. The molecule has 0 bridgehead atoms. The van der Waals surface area contributed by atoms with Gasteiger partial charge in [0.1, 0.15) is 18.2 Å². The maximum absolute atomic E-state index is 14.3. The zero-order valence-electron chi connectivity index (χ0n) is 23.0. The van der Waals surface area contributed by atoms with Gasteiger partial charge in [0.05, 0.1) is 28.2 Å². The highest BCUT2D eigenvalue weighted by Gasteiger charge is 2.27. The molecule has 0 saturated heterocycles. The van der Waals surface area contributed by atoms with Crippen LogP contribution in [0.25, 0.3) is 33.1 Å². The Morgan fingerprint density at radius 3 is 2.65 bits per heavy atom. The van der Waals surface area contributed by atoms with Crippen LogP contribution in [0.15, 0.2) is 102 Å². The van der Waals surface area contributed by atoms with Crippen LogP contribution in [0.5, 0.6) is 0 Å². The molecule has 0 aliphatic carbocycles. The minimum atomic E-state index is -0.677. The van der Waals surface area contributed by atoms with Crippen molar-refractivity contribution in [3.8, 4) is 17.5 Å². The van der Waals surface area contributed by atoms with E-state index in [0.29, 0.717) is 33.6 Å². The molecule has 0 aliphatic heterocycles. The Bertz CT molecular complexity index is 2300. The summed E-state index contributed by atoms with van der Waals surface area (Å²) in [5.41, 5.74) is 9.90. The van der Waals surface area contributed by atoms with E-state index in [9.17, 15) is 9.59 Å². The summed E-state index contributed by atoms with van der Waals surface area (Å²) in [7, 11) is 0. The highest BCUT2D eigenvalue weighted by Crippen LogP contribution is 2.22. The average Bonchev–Trinajstić information content (AvgIpc) is 3.60. The Morgan fingerprint density at radius 1 is 1.00 bits per heavy atom. The number of amides is 1. The number of carbonyl (C=O) groups excluding carboxylic acids is 1. The number of para-hydroxylation sites is 2. The van der Waals surface area contributed by atoms with Crippen molar-refractivity contribution in [2.75, 3.05) is 5.73 Å². The molecule has 43 heavy (non-hydrogen) atoms. The van der Waals surface area contributed by atoms with E-state index in [1.165, 1.54) is 4.57 Å². The molecule has 0 aliphatic rings. The Morgan fingerprint density at radius 2 is 1.79 bits per heavy atom. The van der Waals surface area contributed by atoms with Crippen molar-refractivity contribution in [2.45, 2.75) is 13.0 Å². The number of aromatic amines is 2. The van der Waals surface area contributed by atoms with Crippen LogP contribution in [-0.2, 0) is 0 Å². The molecule has 7 rings (SSSR count). The van der Waals surface area contributed by atoms with E-state index >= 15 is 0 Å². The number of fused-ring (bicyclic) bond motifs is 3. The zero-order chi connectivity index (χ0) is 29.5. The predicted molar refractivity (Wildman–Crippen MR) is 164 cm³/mol. The Hall–Kier alpha value is -6.21. The monoisotopic (exact) mass is 565 g/mol. The van der Waals surface area contributed by atoms with Gasteiger partial charge in [-0.3, -0.25) is 14.2 Å². The van der Waals surface area contributed by atoms with Gasteiger partial charge in [0.2, 0.25) is 0 Å². The number of nitrogens with two attached hydrogens (primary N) is 1. The number of H-pyrrole nitrogens is 2. The Kier molecular flexibility index (Phi) is 6.18. The number of anilines is 1. The van der Waals surface area contributed by atoms with Crippen LogP contribution in [0.1, 0.15) is 40.3 Å². The number of aromatic nitrogens is 6. The fraction of sp³-hybridized carbons (Fsp3) is 0.0606. The van der Waals surface area contributed by atoms with Crippen LogP contribution in [0.4, 0.5) is 5.82 Å². The minimum Gasteiger partial charge on any atom is -0.382 e. The third-order valence-corrected chi connectivity index (χ3v) is 7.30. The number of benzene rings is 3. The number of hydrogen-bond acceptors (Lipinski definition) is 5. The topological polar surface area (TPSA) is 139 Å². The molecular formula is C33H25N8O2+. The first-order chi connectivity index (χ1) is 21.0. The van der Waals surface area contributed by atoms with Crippen molar-refractivity contribution >= 4 is 39.2 Å². The second-order valence-electron chi connectivity index (χ2n) is 10.1. The first-order valence-electron chi connectivity index (χ1n) is 13.6. The number of hydrogen-bond donors (Lipinski definition) is 4. The minimum absolute atomic E-state index is 0.175. The first-order valence-corrected chi connectivity index (χ1v) is 13.6. The zero-order valence-corrected chi connectivity index (χ0v) is 23.0. The van der Waals surface area contributed by atoms with Gasteiger partial charge in [-0.15, -0.1) is 4.52 Å². The summed E-state index contributed by atoms with van der Waals surface area (Å²) in [6.45, 7) is 1.78. The lowest BCUT2D eigenvalue weighted by Gasteiger charge is -2.19. The highest BCUT2D eigenvalue weighted by molar-refractivity contribution is 6.03. The fourth-order valence-electron chi connectivity index (χ4n) is 5.29. The maximum Gasteiger partial charge on any atom is 0.362 e. The van der Waals surface area contributed by atoms with Crippen LogP contribution in [0.2, 0.25) is 0 Å². The summed E-state index contributed by atoms with van der Waals surface area (Å²) in [6.07, 6.45) is 5.16. The van der Waals surface area contributed by atoms with Crippen LogP contribution in [0, 0.1) is 11.8 Å². The molecule has 4 aromatic heterocycles. The van der Waals surface area contributed by atoms with Crippen molar-refractivity contribution in [1.29, 1.82) is 0 Å². The highest BCUT2D eigenvalue weighted by atomic mass is 16.2. The van der Waals surface area contributed by atoms with Crippen molar-refractivity contribution in [3.05, 3.63) is 130 Å². The molecule has 5 N–H and O–H groups in total. The molecule has 0 fully saturated rings. The number of nitrogens with one attached hydrogen (secondary N) is 3. The maximum atomic E-state index is 14.3. The Labute approximate surface area is 244 Å². The molecule has 1 unspecified atom stereocenters. The number of nitrogens with zero attached hydrogens (tertiary/aromatic N) is 4. The van der Waals surface area contributed by atoms with Crippen LogP contribution in [-0.4, -0.2) is 30.5 Å². The number of nitrogen functional groups attached to an aromatic ring is 1. The molecule has 0 spiro atoms. The van der Waals surface area contributed by atoms with Crippen LogP contribution >= 0.6 is 0 Å². The van der Waals surface area contributed by atoms with Crippen molar-refractivity contribution in [3.63, 3.8) is 0 Å². The average molecular weight is 566 g/mol. The van der Waals surface area contributed by atoms with Crippen molar-refractivity contribution in [2.24, 2.45) is 0 Å². The van der Waals surface area contributed by atoms with Gasteiger partial charge in [-0.2, -0.15) is 0 Å². The van der Waals surface area contributed by atoms with E-state index in [4.69, 9.17) is 10.7 Å². The molecule has 0 radical (unpaired) electrons. The van der Waals surface area contributed by atoms with Gasteiger partial charge < -0.3 is 16.0 Å². The molecule has 7 aromatic rings. The lowest BCUT2D eigenvalue weighted by Crippen LogP contribution is -2.34. The van der Waals surface area contributed by atoms with Gasteiger partial charge >= 0.3 is 5.65 Å². The van der Waals surface area contributed by atoms with Crippen LogP contribution in [0.3, 0.4) is 0 Å². The standard InChI is InChI=1S/C33H24N8O2/c1-20(37-32(42)28-29(34)39-40-18-8-17-35-31(28)40)30-38-26-14-7-9-21(15-16-22-19-36-25-13-6-5-12-24(22)25)27(26)33(43)41(30)23-10-3-2-4-11-23/h2-14,17-20H,1H3,(H4,34,36,37,39,42,43)/p+1. The Balaban J connectivity index is 1.35. The summed E-state index contributed by atoms with van der Waals surface area (Å²) >= 11 is 0. The number of rotatable bonds is 4.